The van der Waals surface area contributed by atoms with Crippen molar-refractivity contribution < 1.29 is 4.79 Å². The van der Waals surface area contributed by atoms with Crippen molar-refractivity contribution in [3.8, 4) is 0 Å². The van der Waals surface area contributed by atoms with Crippen molar-refractivity contribution in [2.45, 2.75) is 31.7 Å². The van der Waals surface area contributed by atoms with Crippen molar-refractivity contribution in [2.75, 3.05) is 19.6 Å². The molecule has 1 N–H and O–H groups in total. The summed E-state index contributed by atoms with van der Waals surface area (Å²) in [6, 6.07) is 0.507. The molecule has 2 fully saturated rings. The Morgan fingerprint density at radius 3 is 2.80 bits per heavy atom. The standard InChI is InChI=1S/C14H22N4O.ClH/c1-3-18(11-4-5-11)14(19)13-8-15-7-12(13)10-6-16-17(2)9-10;/h6,9,11-13,15H,3-5,7-8H2,1-2H3;1H/t12-,13+;/m1./s1. The minimum Gasteiger partial charge on any atom is -0.340 e. The number of halogens is 1. The van der Waals surface area contributed by atoms with Crippen LogP contribution in [-0.2, 0) is 11.8 Å². The number of hydrogen-bond donors (Lipinski definition) is 1. The minimum absolute atomic E-state index is 0. The van der Waals surface area contributed by atoms with Crippen LogP contribution in [0.5, 0.6) is 0 Å². The molecule has 5 nitrogen and oxygen atoms in total. The van der Waals surface area contributed by atoms with Crippen LogP contribution in [0.4, 0.5) is 0 Å². The summed E-state index contributed by atoms with van der Waals surface area (Å²) in [6.07, 6.45) is 6.28. The van der Waals surface area contributed by atoms with Crippen LogP contribution in [0.2, 0.25) is 0 Å². The van der Waals surface area contributed by atoms with E-state index in [0.717, 1.165) is 19.6 Å². The Bertz CT molecular complexity index is 471. The average molecular weight is 299 g/mol. The first-order chi connectivity index (χ1) is 9.20. The summed E-state index contributed by atoms with van der Waals surface area (Å²) in [6.45, 7) is 4.59. The number of aryl methyl sites for hydroxylation is 1. The Kier molecular flexibility index (Phi) is 4.70. The number of nitrogens with one attached hydrogen (secondary N) is 1. The molecular formula is C14H23ClN4O. The molecule has 1 aliphatic carbocycles. The molecule has 0 radical (unpaired) electrons. The first kappa shape index (κ1) is 15.3. The molecule has 3 rings (SSSR count). The molecule has 1 amide bonds. The van der Waals surface area contributed by atoms with Gasteiger partial charge in [-0.3, -0.25) is 9.48 Å². The molecule has 6 heteroatoms. The highest BCUT2D eigenvalue weighted by Gasteiger charge is 2.40. The summed E-state index contributed by atoms with van der Waals surface area (Å²) in [5.74, 6) is 0.669. The van der Waals surface area contributed by atoms with Gasteiger partial charge in [-0.1, -0.05) is 0 Å². The molecule has 0 bridgehead atoms. The molecule has 2 atom stereocenters. The fourth-order valence-electron chi connectivity index (χ4n) is 3.11. The number of carbonyl (C=O) groups excluding carboxylic acids is 1. The van der Waals surface area contributed by atoms with Crippen LogP contribution in [0, 0.1) is 5.92 Å². The molecule has 1 aromatic rings. The third kappa shape index (κ3) is 2.83. The van der Waals surface area contributed by atoms with Gasteiger partial charge in [0.1, 0.15) is 0 Å². The highest BCUT2D eigenvalue weighted by molar-refractivity contribution is 5.85. The minimum atomic E-state index is 0. The van der Waals surface area contributed by atoms with Crippen LogP contribution in [0.1, 0.15) is 31.2 Å². The Morgan fingerprint density at radius 1 is 1.50 bits per heavy atom. The fraction of sp³-hybridized carbons (Fsp3) is 0.714. The van der Waals surface area contributed by atoms with Crippen LogP contribution in [0.3, 0.4) is 0 Å². The van der Waals surface area contributed by atoms with E-state index in [-0.39, 0.29) is 24.2 Å². The molecule has 2 heterocycles. The van der Waals surface area contributed by atoms with Crippen molar-refractivity contribution >= 4 is 18.3 Å². The highest BCUT2D eigenvalue weighted by Crippen LogP contribution is 2.33. The summed E-state index contributed by atoms with van der Waals surface area (Å²) >= 11 is 0. The van der Waals surface area contributed by atoms with Crippen molar-refractivity contribution in [1.29, 1.82) is 0 Å². The molecule has 0 aromatic carbocycles. The molecule has 1 aliphatic heterocycles. The van der Waals surface area contributed by atoms with Crippen LogP contribution in [0.25, 0.3) is 0 Å². The first-order valence-corrected chi connectivity index (χ1v) is 7.20. The van der Waals surface area contributed by atoms with Gasteiger partial charge in [0.25, 0.3) is 0 Å². The zero-order valence-electron chi connectivity index (χ0n) is 12.1. The smallest absolute Gasteiger partial charge is 0.227 e. The van der Waals surface area contributed by atoms with Gasteiger partial charge in [-0.15, -0.1) is 12.4 Å². The van der Waals surface area contributed by atoms with Crippen molar-refractivity contribution in [3.05, 3.63) is 18.0 Å². The molecular weight excluding hydrogens is 276 g/mol. The van der Waals surface area contributed by atoms with Gasteiger partial charge in [0, 0.05) is 44.8 Å². The van der Waals surface area contributed by atoms with Gasteiger partial charge in [-0.25, -0.2) is 0 Å². The number of rotatable bonds is 4. The Hall–Kier alpha value is -1.07. The lowest BCUT2D eigenvalue weighted by atomic mass is 9.89. The third-order valence-corrected chi connectivity index (χ3v) is 4.30. The summed E-state index contributed by atoms with van der Waals surface area (Å²) < 4.78 is 1.81. The SMILES string of the molecule is CCN(C(=O)[C@H]1CNC[C@@H]1c1cnn(C)c1)C1CC1.Cl. The maximum atomic E-state index is 12.7. The fourth-order valence-corrected chi connectivity index (χ4v) is 3.11. The van der Waals surface area contributed by atoms with E-state index in [2.05, 4.69) is 22.2 Å². The van der Waals surface area contributed by atoms with E-state index in [1.54, 1.807) is 0 Å². The topological polar surface area (TPSA) is 50.2 Å². The van der Waals surface area contributed by atoms with Crippen molar-refractivity contribution in [2.24, 2.45) is 13.0 Å². The monoisotopic (exact) mass is 298 g/mol. The number of hydrogen-bond acceptors (Lipinski definition) is 3. The van der Waals surface area contributed by atoms with Crippen LogP contribution >= 0.6 is 12.4 Å². The van der Waals surface area contributed by atoms with Gasteiger partial charge in [0.15, 0.2) is 0 Å². The van der Waals surface area contributed by atoms with Crippen LogP contribution in [-0.4, -0.2) is 46.3 Å². The Balaban J connectivity index is 0.00000147. The number of nitrogens with zero attached hydrogens (tertiary/aromatic N) is 3. The number of carbonyl (C=O) groups is 1. The quantitative estimate of drug-likeness (QED) is 0.907. The molecule has 1 saturated carbocycles. The Labute approximate surface area is 126 Å². The van der Waals surface area contributed by atoms with Crippen molar-refractivity contribution in [3.63, 3.8) is 0 Å². The van der Waals surface area contributed by atoms with E-state index in [1.165, 1.54) is 18.4 Å². The van der Waals surface area contributed by atoms with Gasteiger partial charge in [0.2, 0.25) is 5.91 Å². The van der Waals surface area contributed by atoms with Gasteiger partial charge in [-0.2, -0.15) is 5.10 Å². The van der Waals surface area contributed by atoms with Gasteiger partial charge in [-0.05, 0) is 25.3 Å². The van der Waals surface area contributed by atoms with E-state index in [0.29, 0.717) is 11.9 Å². The zero-order valence-corrected chi connectivity index (χ0v) is 12.9. The summed E-state index contributed by atoms with van der Waals surface area (Å²) in [7, 11) is 1.92. The molecule has 1 aromatic heterocycles. The number of amides is 1. The lowest BCUT2D eigenvalue weighted by Gasteiger charge is -2.26. The van der Waals surface area contributed by atoms with E-state index < -0.39 is 0 Å². The Morgan fingerprint density at radius 2 is 2.25 bits per heavy atom. The van der Waals surface area contributed by atoms with Gasteiger partial charge in [0.05, 0.1) is 12.1 Å². The van der Waals surface area contributed by atoms with E-state index in [9.17, 15) is 4.79 Å². The largest absolute Gasteiger partial charge is 0.340 e. The van der Waals surface area contributed by atoms with Gasteiger partial charge >= 0.3 is 0 Å². The highest BCUT2D eigenvalue weighted by atomic mass is 35.5. The van der Waals surface area contributed by atoms with Gasteiger partial charge < -0.3 is 10.2 Å². The second-order valence-electron chi connectivity index (χ2n) is 5.67. The second-order valence-corrected chi connectivity index (χ2v) is 5.67. The third-order valence-electron chi connectivity index (χ3n) is 4.30. The summed E-state index contributed by atoms with van der Waals surface area (Å²) in [5.41, 5.74) is 1.18. The normalized spacial score (nSPS) is 25.3. The number of aromatic nitrogens is 2. The zero-order chi connectivity index (χ0) is 13.4. The lowest BCUT2D eigenvalue weighted by Crippen LogP contribution is -2.40. The summed E-state index contributed by atoms with van der Waals surface area (Å²) in [4.78, 5) is 14.8. The molecule has 0 spiro atoms. The van der Waals surface area contributed by atoms with Crippen LogP contribution in [0.15, 0.2) is 12.4 Å². The van der Waals surface area contributed by atoms with Crippen LogP contribution < -0.4 is 5.32 Å². The van der Waals surface area contributed by atoms with E-state index in [4.69, 9.17) is 0 Å². The maximum absolute atomic E-state index is 12.7. The lowest BCUT2D eigenvalue weighted by molar-refractivity contribution is -0.135. The average Bonchev–Trinajstić information content (AvgIpc) is 2.95. The van der Waals surface area contributed by atoms with E-state index >= 15 is 0 Å². The predicted molar refractivity (Wildman–Crippen MR) is 80.0 cm³/mol. The van der Waals surface area contributed by atoms with Crippen molar-refractivity contribution in [1.82, 2.24) is 20.0 Å². The first-order valence-electron chi connectivity index (χ1n) is 7.20. The second kappa shape index (κ2) is 6.14. The molecule has 20 heavy (non-hydrogen) atoms. The molecule has 112 valence electrons. The predicted octanol–water partition coefficient (Wildman–Crippen LogP) is 1.16. The summed E-state index contributed by atoms with van der Waals surface area (Å²) in [5, 5.41) is 7.60. The molecule has 2 aliphatic rings. The maximum Gasteiger partial charge on any atom is 0.227 e. The molecule has 0 unspecified atom stereocenters. The van der Waals surface area contributed by atoms with E-state index in [1.807, 2.05) is 24.1 Å². The molecule has 1 saturated heterocycles.